The van der Waals surface area contributed by atoms with Crippen LogP contribution in [0.2, 0.25) is 0 Å². The van der Waals surface area contributed by atoms with Crippen LogP contribution < -0.4 is 4.90 Å². The van der Waals surface area contributed by atoms with Gasteiger partial charge in [-0.25, -0.2) is 24.2 Å². The van der Waals surface area contributed by atoms with Crippen LogP contribution in [0, 0.1) is 0 Å². The van der Waals surface area contributed by atoms with Crippen LogP contribution in [0.5, 0.6) is 0 Å². The molecule has 2 aromatic rings. The third-order valence-corrected chi connectivity index (χ3v) is 6.21. The van der Waals surface area contributed by atoms with E-state index in [4.69, 9.17) is 25.2 Å². The van der Waals surface area contributed by atoms with E-state index in [1.165, 1.54) is 4.90 Å². The Bertz CT molecular complexity index is 1300. The minimum Gasteiger partial charge on any atom is -0.478 e. The van der Waals surface area contributed by atoms with Gasteiger partial charge in [0.15, 0.2) is 0 Å². The second-order valence-corrected chi connectivity index (χ2v) is 9.34. The highest BCUT2D eigenvalue weighted by Crippen LogP contribution is 2.23. The van der Waals surface area contributed by atoms with Gasteiger partial charge >= 0.3 is 23.9 Å². The van der Waals surface area contributed by atoms with Crippen LogP contribution in [0.1, 0.15) is 27.6 Å². The van der Waals surface area contributed by atoms with Gasteiger partial charge in [-0.15, -0.1) is 0 Å². The molecule has 15 nitrogen and oxygen atoms in total. The maximum Gasteiger partial charge on any atom is 0.328 e. The number of rotatable bonds is 11. The first-order valence-electron chi connectivity index (χ1n) is 13.7. The molecule has 1 aromatic heterocycles. The predicted molar refractivity (Wildman–Crippen MR) is 159 cm³/mol. The molecule has 1 unspecified atom stereocenters. The molecule has 2 aliphatic heterocycles. The zero-order valence-corrected chi connectivity index (χ0v) is 24.4. The first kappa shape index (κ1) is 35.8. The molecule has 1 fully saturated rings. The van der Waals surface area contributed by atoms with Gasteiger partial charge in [0.25, 0.3) is 11.8 Å². The molecule has 45 heavy (non-hydrogen) atoms. The summed E-state index contributed by atoms with van der Waals surface area (Å²) in [6.45, 7) is 7.02. The number of hydrogen-bond acceptors (Lipinski definition) is 10. The van der Waals surface area contributed by atoms with Gasteiger partial charge < -0.3 is 30.1 Å². The second-order valence-electron chi connectivity index (χ2n) is 9.34. The molecule has 0 saturated carbocycles. The topological polar surface area (TPSA) is 215 Å². The number of carboxylic acid groups (broad SMARTS) is 4. The Morgan fingerprint density at radius 2 is 1.22 bits per heavy atom. The van der Waals surface area contributed by atoms with E-state index in [0.717, 1.165) is 32.0 Å². The maximum atomic E-state index is 12.7. The van der Waals surface area contributed by atoms with E-state index in [-0.39, 0.29) is 24.5 Å². The van der Waals surface area contributed by atoms with Crippen LogP contribution in [0.4, 0.5) is 5.82 Å². The number of aliphatic carboxylic acids is 4. The molecule has 0 aliphatic carbocycles. The number of benzene rings is 1. The zero-order valence-electron chi connectivity index (χ0n) is 24.4. The van der Waals surface area contributed by atoms with Gasteiger partial charge in [-0.2, -0.15) is 0 Å². The monoisotopic (exact) mass is 626 g/mol. The normalized spacial score (nSPS) is 15.1. The highest BCUT2D eigenvalue weighted by molar-refractivity contribution is 6.21. The summed E-state index contributed by atoms with van der Waals surface area (Å²) < 4.78 is 5.90. The van der Waals surface area contributed by atoms with Crippen molar-refractivity contribution in [2.45, 2.75) is 13.0 Å². The Morgan fingerprint density at radius 1 is 0.756 bits per heavy atom. The highest BCUT2D eigenvalue weighted by Gasteiger charge is 2.37. The van der Waals surface area contributed by atoms with Crippen molar-refractivity contribution in [1.29, 1.82) is 0 Å². The number of amides is 2. The fourth-order valence-corrected chi connectivity index (χ4v) is 4.28. The molecule has 2 amide bonds. The molecule has 2 aliphatic rings. The summed E-state index contributed by atoms with van der Waals surface area (Å²) in [7, 11) is 0. The summed E-state index contributed by atoms with van der Waals surface area (Å²) in [5.74, 6) is -4.48. The van der Waals surface area contributed by atoms with Gasteiger partial charge in [0.05, 0.1) is 23.8 Å². The fourth-order valence-electron chi connectivity index (χ4n) is 4.28. The quantitative estimate of drug-likeness (QED) is 0.205. The number of ether oxygens (including phenoxy) is 1. The molecule has 4 rings (SSSR count). The van der Waals surface area contributed by atoms with Crippen molar-refractivity contribution in [3.8, 4) is 0 Å². The number of piperazine rings is 1. The third kappa shape index (κ3) is 12.4. The number of carbonyl (C=O) groups excluding carboxylic acids is 2. The Morgan fingerprint density at radius 3 is 1.62 bits per heavy atom. The largest absolute Gasteiger partial charge is 0.478 e. The Balaban J connectivity index is 0.000000365. The molecule has 1 aromatic carbocycles. The second kappa shape index (κ2) is 18.3. The smallest absolute Gasteiger partial charge is 0.328 e. The van der Waals surface area contributed by atoms with Crippen LogP contribution >= 0.6 is 0 Å². The van der Waals surface area contributed by atoms with Gasteiger partial charge in [-0.3, -0.25) is 19.4 Å². The Kier molecular flexibility index (Phi) is 14.6. The number of imide groups is 1. The maximum absolute atomic E-state index is 12.7. The molecule has 0 spiro atoms. The van der Waals surface area contributed by atoms with E-state index in [1.807, 2.05) is 31.3 Å². The van der Waals surface area contributed by atoms with Crippen molar-refractivity contribution < 1.29 is 53.9 Å². The van der Waals surface area contributed by atoms with E-state index in [1.54, 1.807) is 24.3 Å². The molecule has 4 N–H and O–H groups in total. The van der Waals surface area contributed by atoms with E-state index < -0.39 is 23.9 Å². The Labute approximate surface area is 258 Å². The van der Waals surface area contributed by atoms with Crippen molar-refractivity contribution in [1.82, 2.24) is 14.8 Å². The molecule has 15 heteroatoms. The fraction of sp³-hybridized carbons (Fsp3) is 0.300. The molecule has 0 bridgehead atoms. The first-order valence-corrected chi connectivity index (χ1v) is 13.7. The number of pyridine rings is 1. The van der Waals surface area contributed by atoms with Gasteiger partial charge in [0, 0.05) is 69.8 Å². The van der Waals surface area contributed by atoms with Crippen LogP contribution in [0.3, 0.4) is 0 Å². The molecule has 3 heterocycles. The summed E-state index contributed by atoms with van der Waals surface area (Å²) in [5.41, 5.74) is 0.966. The highest BCUT2D eigenvalue weighted by atomic mass is 16.5. The molecular weight excluding hydrogens is 592 g/mol. The summed E-state index contributed by atoms with van der Waals surface area (Å²) in [4.78, 5) is 73.9. The van der Waals surface area contributed by atoms with E-state index in [2.05, 4.69) is 14.8 Å². The van der Waals surface area contributed by atoms with E-state index in [9.17, 15) is 28.8 Å². The number of hydrogen-bond donors (Lipinski definition) is 4. The number of aromatic nitrogens is 1. The molecule has 1 saturated heterocycles. The number of carbonyl (C=O) groups is 6. The summed E-state index contributed by atoms with van der Waals surface area (Å²) in [6.07, 6.45) is 3.84. The van der Waals surface area contributed by atoms with Crippen LogP contribution in [0.15, 0.2) is 73.0 Å². The Hall–Kier alpha value is -5.41. The van der Waals surface area contributed by atoms with Crippen molar-refractivity contribution in [3.63, 3.8) is 0 Å². The van der Waals surface area contributed by atoms with Crippen molar-refractivity contribution in [2.75, 3.05) is 50.8 Å². The van der Waals surface area contributed by atoms with E-state index >= 15 is 0 Å². The first-order chi connectivity index (χ1) is 21.4. The molecule has 240 valence electrons. The van der Waals surface area contributed by atoms with Crippen LogP contribution in [-0.4, -0.2) is 123 Å². The van der Waals surface area contributed by atoms with Crippen molar-refractivity contribution >= 4 is 41.5 Å². The average molecular weight is 627 g/mol. The molecule has 0 radical (unpaired) electrons. The lowest BCUT2D eigenvalue weighted by Crippen LogP contribution is -2.51. The lowest BCUT2D eigenvalue weighted by atomic mass is 10.1. The van der Waals surface area contributed by atoms with Gasteiger partial charge in [0.2, 0.25) is 0 Å². The summed E-state index contributed by atoms with van der Waals surface area (Å²) in [5, 5.41) is 31.2. The number of nitrogens with zero attached hydrogens (tertiary/aromatic N) is 4. The summed E-state index contributed by atoms with van der Waals surface area (Å²) >= 11 is 0. The van der Waals surface area contributed by atoms with Crippen LogP contribution in [0.25, 0.3) is 0 Å². The minimum atomic E-state index is -1.26. The van der Waals surface area contributed by atoms with Crippen molar-refractivity contribution in [2.24, 2.45) is 0 Å². The number of fused-ring (bicyclic) bond motifs is 1. The lowest BCUT2D eigenvalue weighted by Gasteiger charge is -2.37. The third-order valence-electron chi connectivity index (χ3n) is 6.21. The standard InChI is InChI=1S/C22H26N4O3.2C4H4O4/c1-2-29-17(16-26-21(27)18-7-3-4-8-19(18)22(26)28)15-24-11-13-25(14-12-24)20-9-5-6-10-23-20;2*5-3(6)1-2-4(7)8/h3-10,17H,2,11-16H2,1H3;2*1-2H,(H,5,6)(H,7,8)/b;2*2-1-. The zero-order chi connectivity index (χ0) is 33.4. The minimum absolute atomic E-state index is 0.205. The summed E-state index contributed by atoms with van der Waals surface area (Å²) in [6, 6.07) is 12.9. The average Bonchev–Trinajstić information content (AvgIpc) is 3.25. The lowest BCUT2D eigenvalue weighted by molar-refractivity contribution is -0.134. The van der Waals surface area contributed by atoms with Gasteiger partial charge in [-0.1, -0.05) is 18.2 Å². The van der Waals surface area contributed by atoms with Crippen molar-refractivity contribution in [3.05, 3.63) is 84.1 Å². The predicted octanol–water partition coefficient (Wildman–Crippen LogP) is 1.33. The number of anilines is 1. The van der Waals surface area contributed by atoms with Gasteiger partial charge in [-0.05, 0) is 31.2 Å². The molecular formula is C30H34N4O11. The number of carboxylic acids is 4. The van der Waals surface area contributed by atoms with Crippen LogP contribution in [-0.2, 0) is 23.9 Å². The van der Waals surface area contributed by atoms with Gasteiger partial charge in [0.1, 0.15) is 5.82 Å². The van der Waals surface area contributed by atoms with E-state index in [0.29, 0.717) is 48.6 Å². The SMILES string of the molecule is CCOC(CN1CCN(c2ccccn2)CC1)CN1C(=O)c2ccccc2C1=O.O=C(O)/C=C\C(=O)O.O=C(O)/C=C\C(=O)O. The molecule has 1 atom stereocenters.